The zero-order chi connectivity index (χ0) is 11.5. The highest BCUT2D eigenvalue weighted by Crippen LogP contribution is 2.23. The lowest BCUT2D eigenvalue weighted by molar-refractivity contribution is 0.398. The first kappa shape index (κ1) is 10.4. The van der Waals surface area contributed by atoms with Crippen LogP contribution in [0, 0.1) is 6.92 Å². The van der Waals surface area contributed by atoms with Crippen molar-refractivity contribution in [3.05, 3.63) is 30.1 Å². The monoisotopic (exact) mass is 216 g/mol. The van der Waals surface area contributed by atoms with Crippen LogP contribution in [0.2, 0.25) is 0 Å². The van der Waals surface area contributed by atoms with Gasteiger partial charge in [0.2, 0.25) is 11.8 Å². The fourth-order valence-electron chi connectivity index (χ4n) is 1.42. The Balaban J connectivity index is 2.56. The largest absolute Gasteiger partial charge is 0.481 e. The summed E-state index contributed by atoms with van der Waals surface area (Å²) in [5.41, 5.74) is 8.32. The van der Waals surface area contributed by atoms with Gasteiger partial charge < -0.3 is 10.5 Å². The molecule has 0 fully saturated rings. The number of methoxy groups -OCH3 is 1. The minimum atomic E-state index is 0.192. The zero-order valence-corrected chi connectivity index (χ0v) is 9.14. The maximum atomic E-state index is 5.60. The van der Waals surface area contributed by atoms with E-state index in [0.717, 1.165) is 16.8 Å². The Kier molecular flexibility index (Phi) is 2.68. The van der Waals surface area contributed by atoms with E-state index in [4.69, 9.17) is 10.5 Å². The molecular weight excluding hydrogens is 204 g/mol. The van der Waals surface area contributed by atoms with Crippen molar-refractivity contribution in [3.63, 3.8) is 0 Å². The van der Waals surface area contributed by atoms with Gasteiger partial charge >= 0.3 is 0 Å². The van der Waals surface area contributed by atoms with E-state index in [0.29, 0.717) is 5.88 Å². The third-order valence-electron chi connectivity index (χ3n) is 2.24. The minimum absolute atomic E-state index is 0.192. The van der Waals surface area contributed by atoms with Gasteiger partial charge in [0.1, 0.15) is 0 Å². The summed E-state index contributed by atoms with van der Waals surface area (Å²) in [5.74, 6) is 0.642. The molecule has 5 heteroatoms. The van der Waals surface area contributed by atoms with E-state index < -0.39 is 0 Å². The molecule has 0 atom stereocenters. The molecule has 0 bridgehead atoms. The third kappa shape index (κ3) is 1.93. The molecule has 0 saturated heterocycles. The van der Waals surface area contributed by atoms with Gasteiger partial charge in [0.15, 0.2) is 0 Å². The van der Waals surface area contributed by atoms with Crippen LogP contribution in [0.15, 0.2) is 24.5 Å². The smallest absolute Gasteiger partial charge is 0.223 e. The van der Waals surface area contributed by atoms with Crippen molar-refractivity contribution in [2.75, 3.05) is 12.8 Å². The summed E-state index contributed by atoms with van der Waals surface area (Å²) in [5, 5.41) is 0. The summed E-state index contributed by atoms with van der Waals surface area (Å²) in [6, 6.07) is 3.65. The van der Waals surface area contributed by atoms with E-state index in [-0.39, 0.29) is 5.95 Å². The van der Waals surface area contributed by atoms with Gasteiger partial charge in [-0.05, 0) is 18.6 Å². The number of nitrogens with zero attached hydrogens (tertiary/aromatic N) is 3. The van der Waals surface area contributed by atoms with Gasteiger partial charge in [-0.15, -0.1) is 0 Å². The van der Waals surface area contributed by atoms with Crippen LogP contribution in [0.1, 0.15) is 5.56 Å². The van der Waals surface area contributed by atoms with Crippen LogP contribution in [0.4, 0.5) is 5.95 Å². The van der Waals surface area contributed by atoms with E-state index in [1.165, 1.54) is 0 Å². The fraction of sp³-hybridized carbons (Fsp3) is 0.182. The molecule has 2 N–H and O–H groups in total. The van der Waals surface area contributed by atoms with Crippen molar-refractivity contribution < 1.29 is 4.74 Å². The lowest BCUT2D eigenvalue weighted by Gasteiger charge is -2.06. The Bertz CT molecular complexity index is 513. The average Bonchev–Trinajstić information content (AvgIpc) is 2.28. The van der Waals surface area contributed by atoms with Crippen molar-refractivity contribution in [2.24, 2.45) is 0 Å². The molecule has 0 aliphatic heterocycles. The van der Waals surface area contributed by atoms with Crippen LogP contribution < -0.4 is 10.5 Å². The summed E-state index contributed by atoms with van der Waals surface area (Å²) < 4.78 is 5.05. The van der Waals surface area contributed by atoms with Crippen molar-refractivity contribution in [1.82, 2.24) is 15.0 Å². The zero-order valence-electron chi connectivity index (χ0n) is 9.14. The molecule has 0 aliphatic rings. The second kappa shape index (κ2) is 4.14. The van der Waals surface area contributed by atoms with Crippen LogP contribution >= 0.6 is 0 Å². The molecular formula is C11H12N4O. The molecule has 5 nitrogen and oxygen atoms in total. The van der Waals surface area contributed by atoms with Crippen molar-refractivity contribution in [3.8, 4) is 17.1 Å². The van der Waals surface area contributed by atoms with Gasteiger partial charge in [-0.3, -0.25) is 4.98 Å². The standard InChI is InChI=1S/C11H12N4O/c1-7-3-4-13-6-8(7)9-5-10(16-2)15-11(12)14-9/h3-6H,1-2H3,(H2,12,14,15). The van der Waals surface area contributed by atoms with Gasteiger partial charge in [0.05, 0.1) is 12.8 Å². The Labute approximate surface area is 93.3 Å². The number of aromatic nitrogens is 3. The highest BCUT2D eigenvalue weighted by Gasteiger charge is 2.07. The summed E-state index contributed by atoms with van der Waals surface area (Å²) in [6.45, 7) is 1.99. The molecule has 2 aromatic heterocycles. The summed E-state index contributed by atoms with van der Waals surface area (Å²) in [7, 11) is 1.54. The predicted molar refractivity (Wildman–Crippen MR) is 61.0 cm³/mol. The van der Waals surface area contributed by atoms with Gasteiger partial charge in [-0.1, -0.05) is 0 Å². The Morgan fingerprint density at radius 2 is 2.12 bits per heavy atom. The molecule has 0 unspecified atom stereocenters. The third-order valence-corrected chi connectivity index (χ3v) is 2.24. The molecule has 0 amide bonds. The second-order valence-corrected chi connectivity index (χ2v) is 3.34. The molecule has 16 heavy (non-hydrogen) atoms. The van der Waals surface area contributed by atoms with E-state index in [1.807, 2.05) is 13.0 Å². The van der Waals surface area contributed by atoms with E-state index in [9.17, 15) is 0 Å². The molecule has 0 aliphatic carbocycles. The van der Waals surface area contributed by atoms with Gasteiger partial charge in [0, 0.05) is 24.0 Å². The summed E-state index contributed by atoms with van der Waals surface area (Å²) in [6.07, 6.45) is 3.48. The van der Waals surface area contributed by atoms with Crippen LogP contribution in [0.3, 0.4) is 0 Å². The quantitative estimate of drug-likeness (QED) is 0.822. The number of anilines is 1. The topological polar surface area (TPSA) is 73.9 Å². The van der Waals surface area contributed by atoms with E-state index >= 15 is 0 Å². The van der Waals surface area contributed by atoms with Crippen molar-refractivity contribution in [2.45, 2.75) is 6.92 Å². The number of pyridine rings is 1. The number of rotatable bonds is 2. The van der Waals surface area contributed by atoms with Crippen LogP contribution in [-0.4, -0.2) is 22.1 Å². The molecule has 2 heterocycles. The maximum Gasteiger partial charge on any atom is 0.223 e. The number of aryl methyl sites for hydroxylation is 1. The highest BCUT2D eigenvalue weighted by atomic mass is 16.5. The van der Waals surface area contributed by atoms with Crippen molar-refractivity contribution >= 4 is 5.95 Å². The fourth-order valence-corrected chi connectivity index (χ4v) is 1.42. The lowest BCUT2D eigenvalue weighted by atomic mass is 10.1. The van der Waals surface area contributed by atoms with Crippen LogP contribution in [0.25, 0.3) is 11.3 Å². The van der Waals surface area contributed by atoms with E-state index in [1.54, 1.807) is 25.6 Å². The summed E-state index contributed by atoms with van der Waals surface area (Å²) in [4.78, 5) is 12.2. The first-order chi connectivity index (χ1) is 7.70. The van der Waals surface area contributed by atoms with Gasteiger partial charge in [-0.2, -0.15) is 4.98 Å². The summed E-state index contributed by atoms with van der Waals surface area (Å²) >= 11 is 0. The van der Waals surface area contributed by atoms with E-state index in [2.05, 4.69) is 15.0 Å². The molecule has 2 rings (SSSR count). The Morgan fingerprint density at radius 1 is 1.31 bits per heavy atom. The van der Waals surface area contributed by atoms with Crippen molar-refractivity contribution in [1.29, 1.82) is 0 Å². The number of hydrogen-bond acceptors (Lipinski definition) is 5. The predicted octanol–water partition coefficient (Wildman–Crippen LogP) is 1.44. The molecule has 2 aromatic rings. The van der Waals surface area contributed by atoms with Crippen LogP contribution in [-0.2, 0) is 0 Å². The van der Waals surface area contributed by atoms with Gasteiger partial charge in [-0.25, -0.2) is 4.98 Å². The minimum Gasteiger partial charge on any atom is -0.481 e. The van der Waals surface area contributed by atoms with Gasteiger partial charge in [0.25, 0.3) is 0 Å². The number of nitrogens with two attached hydrogens (primary N) is 1. The normalized spacial score (nSPS) is 10.1. The molecule has 0 saturated carbocycles. The molecule has 0 aromatic carbocycles. The highest BCUT2D eigenvalue weighted by molar-refractivity contribution is 5.63. The molecule has 0 radical (unpaired) electrons. The second-order valence-electron chi connectivity index (χ2n) is 3.34. The maximum absolute atomic E-state index is 5.60. The Hall–Kier alpha value is -2.17. The number of ether oxygens (including phenoxy) is 1. The molecule has 82 valence electrons. The average molecular weight is 216 g/mol. The lowest BCUT2D eigenvalue weighted by Crippen LogP contribution is -1.99. The molecule has 0 spiro atoms. The van der Waals surface area contributed by atoms with Crippen LogP contribution in [0.5, 0.6) is 5.88 Å². The first-order valence-electron chi connectivity index (χ1n) is 4.80. The number of hydrogen-bond donors (Lipinski definition) is 1. The number of nitrogen functional groups attached to an aromatic ring is 1. The SMILES string of the molecule is COc1cc(-c2cnccc2C)nc(N)n1. The first-order valence-corrected chi connectivity index (χ1v) is 4.80. The Morgan fingerprint density at radius 3 is 2.81 bits per heavy atom.